The van der Waals surface area contributed by atoms with Gasteiger partial charge in [0.05, 0.1) is 43.1 Å². The molecular formula is C43H65NO16. The highest BCUT2D eigenvalue weighted by Gasteiger charge is 2.78. The molecule has 1 heterocycles. The number of aliphatic hydroxyl groups is 3. The molecule has 1 aliphatic heterocycles. The Morgan fingerprint density at radius 1 is 0.950 bits per heavy atom. The zero-order valence-electron chi connectivity index (χ0n) is 37.0. The zero-order valence-corrected chi connectivity index (χ0v) is 37.0. The summed E-state index contributed by atoms with van der Waals surface area (Å²) in [5.41, 5.74) is -9.50. The number of carbonyl (C=O) groups excluding carboxylic acids is 6. The Morgan fingerprint density at radius 3 is 2.08 bits per heavy atom. The molecule has 0 aromatic carbocycles. The molecule has 4 fully saturated rings. The molecule has 1 saturated heterocycles. The molecule has 4 aliphatic carbocycles. The molecule has 17 heteroatoms. The first kappa shape index (κ1) is 47.3. The number of carbonyl (C=O) groups is 6. The van der Waals surface area contributed by atoms with Gasteiger partial charge in [-0.25, -0.2) is 14.4 Å². The number of ether oxygens (including phenoxy) is 7. The van der Waals surface area contributed by atoms with Crippen molar-refractivity contribution in [2.45, 2.75) is 181 Å². The summed E-state index contributed by atoms with van der Waals surface area (Å²) < 4.78 is 40.6. The van der Waals surface area contributed by atoms with Crippen molar-refractivity contribution in [3.8, 4) is 0 Å². The number of ketones is 1. The van der Waals surface area contributed by atoms with Gasteiger partial charge in [0.2, 0.25) is 0 Å². The maximum Gasteiger partial charge on any atom is 0.508 e. The van der Waals surface area contributed by atoms with Crippen molar-refractivity contribution >= 4 is 35.9 Å². The summed E-state index contributed by atoms with van der Waals surface area (Å²) in [7, 11) is 1.09. The average molecular weight is 852 g/mol. The minimum Gasteiger partial charge on any atom is -0.459 e. The van der Waals surface area contributed by atoms with Crippen molar-refractivity contribution in [3.63, 3.8) is 0 Å². The van der Waals surface area contributed by atoms with Crippen LogP contribution in [0.4, 0.5) is 9.59 Å². The summed E-state index contributed by atoms with van der Waals surface area (Å²) in [6.07, 6.45) is -9.05. The minimum atomic E-state index is -2.35. The third kappa shape index (κ3) is 8.27. The largest absolute Gasteiger partial charge is 0.508 e. The first-order chi connectivity index (χ1) is 27.6. The van der Waals surface area contributed by atoms with Crippen LogP contribution in [-0.4, -0.2) is 124 Å². The maximum atomic E-state index is 15.5. The molecule has 0 aromatic rings. The van der Waals surface area contributed by atoms with Crippen LogP contribution in [0.2, 0.25) is 0 Å². The van der Waals surface area contributed by atoms with E-state index in [1.807, 2.05) is 0 Å². The third-order valence-corrected chi connectivity index (χ3v) is 13.6. The predicted molar refractivity (Wildman–Crippen MR) is 210 cm³/mol. The molecule has 1 unspecified atom stereocenters. The van der Waals surface area contributed by atoms with Gasteiger partial charge in [0.1, 0.15) is 29.5 Å². The molecule has 4 N–H and O–H groups in total. The molecular weight excluding hydrogens is 786 g/mol. The number of alkyl carbamates (subject to hydrolysis) is 1. The second-order valence-corrected chi connectivity index (χ2v) is 20.1. The summed E-state index contributed by atoms with van der Waals surface area (Å²) in [4.78, 5) is 83.0. The second kappa shape index (κ2) is 16.5. The fourth-order valence-corrected chi connectivity index (χ4v) is 10.3. The normalized spacial score (nSPS) is 35.1. The summed E-state index contributed by atoms with van der Waals surface area (Å²) in [5, 5.41) is 39.9. The Bertz CT molecular complexity index is 1750. The zero-order chi connectivity index (χ0) is 45.1. The van der Waals surface area contributed by atoms with Crippen LogP contribution in [0.25, 0.3) is 0 Å². The molecule has 0 radical (unpaired) electrons. The van der Waals surface area contributed by atoms with E-state index in [0.29, 0.717) is 12.8 Å². The van der Waals surface area contributed by atoms with Crippen LogP contribution in [0.3, 0.4) is 0 Å². The number of amides is 1. The molecule has 338 valence electrons. The molecule has 0 spiro atoms. The van der Waals surface area contributed by atoms with Gasteiger partial charge in [-0.3, -0.25) is 14.4 Å². The van der Waals surface area contributed by atoms with Crippen molar-refractivity contribution in [1.82, 2.24) is 5.32 Å². The quantitative estimate of drug-likeness (QED) is 0.153. The number of methoxy groups -OCH3 is 1. The van der Waals surface area contributed by atoms with Gasteiger partial charge in [0.15, 0.2) is 23.6 Å². The number of rotatable bonds is 8. The van der Waals surface area contributed by atoms with Gasteiger partial charge in [0, 0.05) is 25.2 Å². The van der Waals surface area contributed by atoms with E-state index in [4.69, 9.17) is 33.2 Å². The fourth-order valence-electron chi connectivity index (χ4n) is 10.3. The molecule has 1 amide bonds. The topological polar surface area (TPSA) is 240 Å². The van der Waals surface area contributed by atoms with Gasteiger partial charge in [-0.05, 0) is 64.0 Å². The Kier molecular flexibility index (Phi) is 13.0. The van der Waals surface area contributed by atoms with Gasteiger partial charge in [-0.1, -0.05) is 53.9 Å². The van der Waals surface area contributed by atoms with E-state index in [1.54, 1.807) is 55.4 Å². The lowest BCUT2D eigenvalue weighted by atomic mass is 9.44. The maximum absolute atomic E-state index is 15.5. The van der Waals surface area contributed by atoms with Crippen LogP contribution in [0, 0.1) is 28.1 Å². The van der Waals surface area contributed by atoms with E-state index in [2.05, 4.69) is 5.32 Å². The smallest absolute Gasteiger partial charge is 0.459 e. The molecule has 5 aliphatic rings. The van der Waals surface area contributed by atoms with Crippen LogP contribution in [-0.2, 0) is 52.3 Å². The SMILES string of the molecule is COC(=O)O[C@@]12CO[C@@H]1C[C@H](O)[C@@]1(C)C(=O)[C@H](OC(C)=O)C3=C(C)[C@H](OC(=O)[C@H](O)[C@@H](NC(=O)OC(C)(C)C)C(C)(C)C)C[C@@](O)([C@@H](OC(=O)C4CCCCC4)C12)C3(C)C. The number of aliphatic hydroxyl groups excluding tert-OH is 2. The predicted octanol–water partition coefficient (Wildman–Crippen LogP) is 3.99. The van der Waals surface area contributed by atoms with Crippen LogP contribution < -0.4 is 5.32 Å². The standard InChI is InChI=1S/C43H65NO16/c1-21-24(57-35(50)28(47)31(38(3,4)5)44-36(51)59-39(6,7)8)19-43(53)33(58-34(49)23-16-14-13-15-17-23)30-41(11,32(48)29(56-22(2)45)27(21)40(43,9)10)25(46)18-26-42(30,20-55-26)60-37(52)54-12/h23-26,28-31,33,46-47,53H,13-20H2,1-12H3,(H,44,51)/t24-,25+,26-,28-,29-,30?,31-,33+,41-,42+,43-/m1/s1. The van der Waals surface area contributed by atoms with Gasteiger partial charge in [-0.15, -0.1) is 0 Å². The van der Waals surface area contributed by atoms with Crippen molar-refractivity contribution in [2.75, 3.05) is 13.7 Å². The number of hydrogen-bond donors (Lipinski definition) is 4. The highest BCUT2D eigenvalue weighted by atomic mass is 16.8. The van der Waals surface area contributed by atoms with E-state index in [-0.39, 0.29) is 24.2 Å². The van der Waals surface area contributed by atoms with Crippen molar-refractivity contribution in [3.05, 3.63) is 11.1 Å². The lowest BCUT2D eigenvalue weighted by Crippen LogP contribution is -2.82. The first-order valence-electron chi connectivity index (χ1n) is 20.9. The average Bonchev–Trinajstić information content (AvgIpc) is 3.13. The monoisotopic (exact) mass is 851 g/mol. The van der Waals surface area contributed by atoms with E-state index in [9.17, 15) is 39.3 Å². The second-order valence-electron chi connectivity index (χ2n) is 20.1. The number of hydrogen-bond acceptors (Lipinski definition) is 16. The lowest BCUT2D eigenvalue weighted by molar-refractivity contribution is -0.346. The van der Waals surface area contributed by atoms with Gasteiger partial charge < -0.3 is 53.8 Å². The molecule has 60 heavy (non-hydrogen) atoms. The highest BCUT2D eigenvalue weighted by molar-refractivity contribution is 5.95. The van der Waals surface area contributed by atoms with Crippen LogP contribution in [0.5, 0.6) is 0 Å². The van der Waals surface area contributed by atoms with Crippen molar-refractivity contribution in [2.24, 2.45) is 28.1 Å². The Hall–Kier alpha value is -3.80. The van der Waals surface area contributed by atoms with Gasteiger partial charge in [0.25, 0.3) is 0 Å². The van der Waals surface area contributed by atoms with Crippen LogP contribution >= 0.6 is 0 Å². The highest BCUT2D eigenvalue weighted by Crippen LogP contribution is 2.64. The molecule has 5 rings (SSSR count). The third-order valence-electron chi connectivity index (χ3n) is 13.6. The molecule has 11 atom stereocenters. The summed E-state index contributed by atoms with van der Waals surface area (Å²) in [6.45, 7) is 16.9. The molecule has 0 aromatic heterocycles. The molecule has 17 nitrogen and oxygen atoms in total. The summed E-state index contributed by atoms with van der Waals surface area (Å²) in [6, 6.07) is -1.25. The number of Topliss-reactive ketones (excluding diaryl/α,β-unsaturated/α-hetero) is 1. The van der Waals surface area contributed by atoms with Gasteiger partial charge >= 0.3 is 30.2 Å². The van der Waals surface area contributed by atoms with Crippen LogP contribution in [0.1, 0.15) is 121 Å². The van der Waals surface area contributed by atoms with E-state index >= 15 is 4.79 Å². The Balaban J connectivity index is 1.72. The summed E-state index contributed by atoms with van der Waals surface area (Å²) in [5.74, 6) is -5.77. The molecule has 3 saturated carbocycles. The Morgan fingerprint density at radius 2 is 1.57 bits per heavy atom. The first-order valence-corrected chi connectivity index (χ1v) is 20.9. The molecule has 2 bridgehead atoms. The van der Waals surface area contributed by atoms with Crippen LogP contribution in [0.15, 0.2) is 11.1 Å². The number of esters is 3. The minimum absolute atomic E-state index is 0.0171. The number of fused-ring (bicyclic) bond motifs is 5. The van der Waals surface area contributed by atoms with E-state index < -0.39 is 130 Å². The summed E-state index contributed by atoms with van der Waals surface area (Å²) >= 11 is 0. The fraction of sp³-hybridized carbons (Fsp3) is 0.814. The van der Waals surface area contributed by atoms with E-state index in [1.165, 1.54) is 13.8 Å². The lowest BCUT2D eigenvalue weighted by Gasteiger charge is -2.67. The van der Waals surface area contributed by atoms with Gasteiger partial charge in [-0.2, -0.15) is 0 Å². The van der Waals surface area contributed by atoms with E-state index in [0.717, 1.165) is 33.3 Å². The number of nitrogens with one attached hydrogen (secondary N) is 1. The van der Waals surface area contributed by atoms with Crippen molar-refractivity contribution < 1.29 is 77.2 Å². The van der Waals surface area contributed by atoms with Crippen molar-refractivity contribution in [1.29, 1.82) is 0 Å². The Labute approximate surface area is 351 Å².